The third-order valence-corrected chi connectivity index (χ3v) is 9.03. The van der Waals surface area contributed by atoms with Gasteiger partial charge in [-0.2, -0.15) is 5.26 Å². The van der Waals surface area contributed by atoms with Gasteiger partial charge in [0.05, 0.1) is 56.5 Å². The zero-order valence-electron chi connectivity index (χ0n) is 26.3. The first kappa shape index (κ1) is 28.3. The van der Waals surface area contributed by atoms with E-state index in [9.17, 15) is 5.26 Å². The SMILES string of the molecule is N#Cc1ccc(-c2nc3ccccc3nc2-c2cc(-c3ccccc3)nc(-c3ccc(-n4c5ccccc5c5ccccc54)cc3)c2)cc1. The number of para-hydroxylation sites is 4. The van der Waals surface area contributed by atoms with E-state index in [-0.39, 0.29) is 0 Å². The minimum atomic E-state index is 0.598. The fraction of sp³-hybridized carbons (Fsp3) is 0. The van der Waals surface area contributed by atoms with Crippen LogP contribution in [0.4, 0.5) is 0 Å². The Morgan fingerprint density at radius 3 is 1.51 bits per heavy atom. The molecule has 0 radical (unpaired) electrons. The molecule has 0 aliphatic carbocycles. The van der Waals surface area contributed by atoms with Crippen molar-refractivity contribution in [2.45, 2.75) is 0 Å². The minimum absolute atomic E-state index is 0.598. The van der Waals surface area contributed by atoms with Crippen molar-refractivity contribution in [3.05, 3.63) is 169 Å². The van der Waals surface area contributed by atoms with Crippen molar-refractivity contribution in [1.29, 1.82) is 5.26 Å². The molecule has 5 heteroatoms. The first-order valence-corrected chi connectivity index (χ1v) is 16.2. The van der Waals surface area contributed by atoms with Crippen molar-refractivity contribution < 1.29 is 0 Å². The van der Waals surface area contributed by atoms with Crippen LogP contribution in [-0.4, -0.2) is 19.5 Å². The quantitative estimate of drug-likeness (QED) is 0.191. The second kappa shape index (κ2) is 11.7. The zero-order chi connectivity index (χ0) is 32.7. The molecule has 9 aromatic rings. The Balaban J connectivity index is 1.23. The van der Waals surface area contributed by atoms with Crippen molar-refractivity contribution in [3.8, 4) is 56.8 Å². The predicted octanol–water partition coefficient (Wildman–Crippen LogP) is 10.7. The Hall–Kier alpha value is -6.90. The molecule has 0 saturated carbocycles. The monoisotopic (exact) mass is 625 g/mol. The first-order chi connectivity index (χ1) is 24.2. The lowest BCUT2D eigenvalue weighted by molar-refractivity contribution is 1.18. The third kappa shape index (κ3) is 5.00. The molecule has 6 aromatic carbocycles. The number of pyridine rings is 1. The Morgan fingerprint density at radius 1 is 0.429 bits per heavy atom. The molecule has 0 aliphatic heterocycles. The highest BCUT2D eigenvalue weighted by molar-refractivity contribution is 6.09. The smallest absolute Gasteiger partial charge is 0.0991 e. The summed E-state index contributed by atoms with van der Waals surface area (Å²) in [7, 11) is 0. The maximum absolute atomic E-state index is 9.43. The van der Waals surface area contributed by atoms with E-state index < -0.39 is 0 Å². The molecule has 0 amide bonds. The molecule has 5 nitrogen and oxygen atoms in total. The molecular formula is C44H27N5. The summed E-state index contributed by atoms with van der Waals surface area (Å²) < 4.78 is 2.32. The summed E-state index contributed by atoms with van der Waals surface area (Å²) in [5.41, 5.74) is 12.7. The van der Waals surface area contributed by atoms with Crippen LogP contribution in [0.3, 0.4) is 0 Å². The van der Waals surface area contributed by atoms with Crippen LogP contribution < -0.4 is 0 Å². The van der Waals surface area contributed by atoms with Gasteiger partial charge in [-0.15, -0.1) is 0 Å². The van der Waals surface area contributed by atoms with Crippen molar-refractivity contribution in [2.75, 3.05) is 0 Å². The number of aromatic nitrogens is 4. The molecule has 0 saturated heterocycles. The number of nitrogens with zero attached hydrogens (tertiary/aromatic N) is 5. The molecule has 3 heterocycles. The first-order valence-electron chi connectivity index (χ1n) is 16.2. The molecule has 0 aliphatic rings. The van der Waals surface area contributed by atoms with Crippen LogP contribution in [0.2, 0.25) is 0 Å². The fourth-order valence-electron chi connectivity index (χ4n) is 6.66. The van der Waals surface area contributed by atoms with Gasteiger partial charge < -0.3 is 4.57 Å². The molecule has 0 spiro atoms. The molecule has 49 heavy (non-hydrogen) atoms. The average Bonchev–Trinajstić information content (AvgIpc) is 3.52. The number of hydrogen-bond acceptors (Lipinski definition) is 4. The second-order valence-electron chi connectivity index (χ2n) is 12.0. The van der Waals surface area contributed by atoms with Crippen LogP contribution in [0.1, 0.15) is 5.56 Å². The van der Waals surface area contributed by atoms with Gasteiger partial charge in [0, 0.05) is 38.7 Å². The molecule has 3 aromatic heterocycles. The maximum Gasteiger partial charge on any atom is 0.0991 e. The topological polar surface area (TPSA) is 67.4 Å². The van der Waals surface area contributed by atoms with Gasteiger partial charge in [-0.25, -0.2) is 15.0 Å². The van der Waals surface area contributed by atoms with Crippen molar-refractivity contribution in [2.24, 2.45) is 0 Å². The summed E-state index contributed by atoms with van der Waals surface area (Å²) in [6, 6.07) is 57.8. The molecule has 9 rings (SSSR count). The van der Waals surface area contributed by atoms with Gasteiger partial charge >= 0.3 is 0 Å². The van der Waals surface area contributed by atoms with Gasteiger partial charge in [0.25, 0.3) is 0 Å². The number of benzene rings is 6. The van der Waals surface area contributed by atoms with Gasteiger partial charge in [-0.1, -0.05) is 103 Å². The lowest BCUT2D eigenvalue weighted by Crippen LogP contribution is -1.98. The number of nitriles is 1. The Labute approximate surface area is 283 Å². The summed E-state index contributed by atoms with van der Waals surface area (Å²) in [5.74, 6) is 0. The van der Waals surface area contributed by atoms with Gasteiger partial charge in [0.15, 0.2) is 0 Å². The van der Waals surface area contributed by atoms with Crippen LogP contribution in [-0.2, 0) is 0 Å². The van der Waals surface area contributed by atoms with Crippen LogP contribution in [0.5, 0.6) is 0 Å². The normalized spacial score (nSPS) is 11.2. The predicted molar refractivity (Wildman–Crippen MR) is 198 cm³/mol. The summed E-state index contributed by atoms with van der Waals surface area (Å²) >= 11 is 0. The van der Waals surface area contributed by atoms with E-state index in [1.807, 2.05) is 66.7 Å². The van der Waals surface area contributed by atoms with E-state index in [2.05, 4.69) is 108 Å². The molecule has 0 atom stereocenters. The van der Waals surface area contributed by atoms with Crippen LogP contribution >= 0.6 is 0 Å². The lowest BCUT2D eigenvalue weighted by atomic mass is 9.99. The highest BCUT2D eigenvalue weighted by atomic mass is 15.0. The summed E-state index contributed by atoms with van der Waals surface area (Å²) in [6.45, 7) is 0. The lowest BCUT2D eigenvalue weighted by Gasteiger charge is -2.14. The van der Waals surface area contributed by atoms with E-state index in [1.165, 1.54) is 21.8 Å². The average molecular weight is 626 g/mol. The van der Waals surface area contributed by atoms with Crippen LogP contribution in [0, 0.1) is 11.3 Å². The van der Waals surface area contributed by atoms with Crippen molar-refractivity contribution in [3.63, 3.8) is 0 Å². The van der Waals surface area contributed by atoms with Gasteiger partial charge in [0.1, 0.15) is 0 Å². The van der Waals surface area contributed by atoms with Gasteiger partial charge in [0.2, 0.25) is 0 Å². The highest BCUT2D eigenvalue weighted by Crippen LogP contribution is 2.37. The number of fused-ring (bicyclic) bond motifs is 4. The Morgan fingerprint density at radius 2 is 0.918 bits per heavy atom. The van der Waals surface area contributed by atoms with Gasteiger partial charge in [-0.05, 0) is 60.7 Å². The molecular weight excluding hydrogens is 599 g/mol. The van der Waals surface area contributed by atoms with Crippen molar-refractivity contribution in [1.82, 2.24) is 19.5 Å². The molecule has 228 valence electrons. The van der Waals surface area contributed by atoms with Gasteiger partial charge in [-0.3, -0.25) is 0 Å². The number of rotatable bonds is 5. The Bertz CT molecular complexity index is 2650. The highest BCUT2D eigenvalue weighted by Gasteiger charge is 2.18. The zero-order valence-corrected chi connectivity index (χ0v) is 26.3. The molecule has 0 N–H and O–H groups in total. The molecule has 0 bridgehead atoms. The third-order valence-electron chi connectivity index (χ3n) is 9.03. The Kier molecular flexibility index (Phi) is 6.78. The fourth-order valence-corrected chi connectivity index (χ4v) is 6.66. The minimum Gasteiger partial charge on any atom is -0.309 e. The van der Waals surface area contributed by atoms with E-state index in [0.717, 1.165) is 61.8 Å². The summed E-state index contributed by atoms with van der Waals surface area (Å²) in [6.07, 6.45) is 0. The molecule has 0 unspecified atom stereocenters. The summed E-state index contributed by atoms with van der Waals surface area (Å²) in [5, 5.41) is 11.9. The largest absolute Gasteiger partial charge is 0.309 e. The second-order valence-corrected chi connectivity index (χ2v) is 12.0. The van der Waals surface area contributed by atoms with Crippen molar-refractivity contribution >= 4 is 32.8 Å². The van der Waals surface area contributed by atoms with E-state index in [1.54, 1.807) is 0 Å². The maximum atomic E-state index is 9.43. The van der Waals surface area contributed by atoms with Crippen LogP contribution in [0.25, 0.3) is 83.6 Å². The summed E-state index contributed by atoms with van der Waals surface area (Å²) in [4.78, 5) is 15.5. The van der Waals surface area contributed by atoms with E-state index in [0.29, 0.717) is 5.56 Å². The molecule has 0 fully saturated rings. The standard InChI is InChI=1S/C44H27N5/c45-28-29-18-20-32(21-19-29)43-44(48-38-15-7-6-14-37(38)47-43)33-26-39(30-10-2-1-3-11-30)46-40(27-33)31-22-24-34(25-23-31)49-41-16-8-4-12-35(41)36-13-5-9-17-42(36)49/h1-27H. The van der Waals surface area contributed by atoms with E-state index in [4.69, 9.17) is 15.0 Å². The van der Waals surface area contributed by atoms with Crippen LogP contribution in [0.15, 0.2) is 164 Å². The van der Waals surface area contributed by atoms with E-state index >= 15 is 0 Å². The number of hydrogen-bond donors (Lipinski definition) is 0.